The quantitative estimate of drug-likeness (QED) is 0.783. The molecular weight excluding hydrogens is 340 g/mol. The number of halogens is 1. The van der Waals surface area contributed by atoms with Crippen molar-refractivity contribution < 1.29 is 8.42 Å². The minimum Gasteiger partial charge on any atom is -0.308 e. The van der Waals surface area contributed by atoms with Crippen LogP contribution in [0.2, 0.25) is 0 Å². The first-order chi connectivity index (χ1) is 9.13. The van der Waals surface area contributed by atoms with Crippen LogP contribution in [0.4, 0.5) is 0 Å². The van der Waals surface area contributed by atoms with Crippen molar-refractivity contribution in [1.82, 2.24) is 10.0 Å². The number of hydrogen-bond donors (Lipinski definition) is 2. The molecule has 6 heteroatoms. The molecule has 0 saturated carbocycles. The Morgan fingerprint density at radius 3 is 2.50 bits per heavy atom. The Morgan fingerprint density at radius 2 is 2.00 bits per heavy atom. The predicted octanol–water partition coefficient (Wildman–Crippen LogP) is 2.82. The van der Waals surface area contributed by atoms with E-state index in [1.54, 1.807) is 0 Å². The fraction of sp³-hybridized carbons (Fsp3) is 0.571. The van der Waals surface area contributed by atoms with E-state index in [-0.39, 0.29) is 6.04 Å². The van der Waals surface area contributed by atoms with Crippen molar-refractivity contribution in [3.63, 3.8) is 0 Å². The van der Waals surface area contributed by atoms with Gasteiger partial charge in [-0.25, -0.2) is 13.1 Å². The first-order valence-electron chi connectivity index (χ1n) is 6.61. The van der Waals surface area contributed by atoms with Crippen LogP contribution in [0, 0.1) is 0 Å². The molecule has 0 spiro atoms. The van der Waals surface area contributed by atoms with Gasteiger partial charge in [-0.15, -0.1) is 0 Å². The third-order valence-corrected chi connectivity index (χ3v) is 4.33. The van der Waals surface area contributed by atoms with Crippen molar-refractivity contribution in [3.8, 4) is 0 Å². The van der Waals surface area contributed by atoms with Crippen LogP contribution in [0.5, 0.6) is 0 Å². The summed E-state index contributed by atoms with van der Waals surface area (Å²) in [6.07, 6.45) is 2.12. The molecule has 0 aliphatic heterocycles. The summed E-state index contributed by atoms with van der Waals surface area (Å²) in [6, 6.07) is 8.35. The molecule has 1 aromatic rings. The van der Waals surface area contributed by atoms with E-state index in [1.165, 1.54) is 11.8 Å². The number of nitrogens with one attached hydrogen (secondary N) is 2. The zero-order valence-corrected chi connectivity index (χ0v) is 14.8. The fourth-order valence-corrected chi connectivity index (χ4v) is 3.63. The normalized spacial score (nSPS) is 14.2. The van der Waals surface area contributed by atoms with E-state index < -0.39 is 15.6 Å². The third kappa shape index (κ3) is 6.35. The van der Waals surface area contributed by atoms with Gasteiger partial charge in [0.2, 0.25) is 10.0 Å². The van der Waals surface area contributed by atoms with Gasteiger partial charge in [0.25, 0.3) is 0 Å². The van der Waals surface area contributed by atoms with Gasteiger partial charge in [-0.3, -0.25) is 0 Å². The lowest BCUT2D eigenvalue weighted by atomic mass is 10.0. The molecule has 0 bridgehead atoms. The van der Waals surface area contributed by atoms with Crippen LogP contribution in [-0.4, -0.2) is 26.8 Å². The van der Waals surface area contributed by atoms with Crippen LogP contribution in [0.15, 0.2) is 28.7 Å². The summed E-state index contributed by atoms with van der Waals surface area (Å²) in [7, 11) is -3.21. The molecule has 1 rings (SSSR count). The molecule has 0 aliphatic carbocycles. The van der Waals surface area contributed by atoms with Gasteiger partial charge in [-0.1, -0.05) is 35.0 Å². The first kappa shape index (κ1) is 17.6. The second-order valence-corrected chi connectivity index (χ2v) is 8.32. The van der Waals surface area contributed by atoms with Crippen molar-refractivity contribution in [2.75, 3.05) is 12.8 Å². The molecule has 0 aromatic heterocycles. The highest BCUT2D eigenvalue weighted by Crippen LogP contribution is 2.21. The van der Waals surface area contributed by atoms with Crippen LogP contribution in [-0.2, 0) is 10.0 Å². The van der Waals surface area contributed by atoms with E-state index >= 15 is 0 Å². The molecule has 1 aromatic carbocycles. The van der Waals surface area contributed by atoms with Crippen LogP contribution in [0.3, 0.4) is 0 Å². The predicted molar refractivity (Wildman–Crippen MR) is 87.2 cm³/mol. The third-order valence-electron chi connectivity index (χ3n) is 2.91. The summed E-state index contributed by atoms with van der Waals surface area (Å²) in [5.74, 6) is 0. The molecule has 0 saturated heterocycles. The standard InChI is InChI=1S/C14H23BrN2O2S/c1-5-13(11-7-6-8-12(15)9-11)16-10-14(2,3)17-20(4,18)19/h6-9,13,16-17H,5,10H2,1-4H3. The SMILES string of the molecule is CCC(NCC(C)(C)NS(C)(=O)=O)c1cccc(Br)c1. The Labute approximate surface area is 130 Å². The van der Waals surface area contributed by atoms with Crippen molar-refractivity contribution >= 4 is 26.0 Å². The summed E-state index contributed by atoms with van der Waals surface area (Å²) >= 11 is 3.47. The van der Waals surface area contributed by atoms with Gasteiger partial charge >= 0.3 is 0 Å². The van der Waals surface area contributed by atoms with Crippen molar-refractivity contribution in [3.05, 3.63) is 34.3 Å². The molecule has 1 atom stereocenters. The minimum absolute atomic E-state index is 0.202. The maximum Gasteiger partial charge on any atom is 0.209 e. The van der Waals surface area contributed by atoms with Crippen LogP contribution < -0.4 is 10.0 Å². The topological polar surface area (TPSA) is 58.2 Å². The Kier molecular flexibility index (Phi) is 6.19. The molecular formula is C14H23BrN2O2S. The summed E-state index contributed by atoms with van der Waals surface area (Å²) in [6.45, 7) is 6.41. The number of benzene rings is 1. The number of hydrogen-bond acceptors (Lipinski definition) is 3. The van der Waals surface area contributed by atoms with Crippen molar-refractivity contribution in [2.45, 2.75) is 38.8 Å². The largest absolute Gasteiger partial charge is 0.308 e. The smallest absolute Gasteiger partial charge is 0.209 e. The molecule has 0 fully saturated rings. The first-order valence-corrected chi connectivity index (χ1v) is 9.29. The lowest BCUT2D eigenvalue weighted by molar-refractivity contribution is 0.386. The zero-order chi connectivity index (χ0) is 15.4. The van der Waals surface area contributed by atoms with E-state index in [0.29, 0.717) is 6.54 Å². The highest BCUT2D eigenvalue weighted by molar-refractivity contribution is 9.10. The lowest BCUT2D eigenvalue weighted by Gasteiger charge is -2.28. The Hall–Kier alpha value is -0.430. The second kappa shape index (κ2) is 7.02. The van der Waals surface area contributed by atoms with Gasteiger partial charge < -0.3 is 5.32 Å². The van der Waals surface area contributed by atoms with E-state index in [1.807, 2.05) is 26.0 Å². The summed E-state index contributed by atoms with van der Waals surface area (Å²) in [5.41, 5.74) is 0.671. The Bertz CT molecular complexity index is 544. The fourth-order valence-electron chi connectivity index (χ4n) is 2.14. The van der Waals surface area contributed by atoms with E-state index in [0.717, 1.165) is 10.9 Å². The maximum atomic E-state index is 11.3. The average molecular weight is 363 g/mol. The average Bonchev–Trinajstić information content (AvgIpc) is 2.26. The van der Waals surface area contributed by atoms with Gasteiger partial charge in [-0.05, 0) is 38.0 Å². The molecule has 0 amide bonds. The Balaban J connectivity index is 2.71. The lowest BCUT2D eigenvalue weighted by Crippen LogP contribution is -2.50. The van der Waals surface area contributed by atoms with Crippen LogP contribution in [0.25, 0.3) is 0 Å². The monoisotopic (exact) mass is 362 g/mol. The highest BCUT2D eigenvalue weighted by Gasteiger charge is 2.23. The molecule has 0 heterocycles. The number of rotatable bonds is 7. The molecule has 20 heavy (non-hydrogen) atoms. The number of sulfonamides is 1. The van der Waals surface area contributed by atoms with E-state index in [2.05, 4.69) is 45.0 Å². The summed E-state index contributed by atoms with van der Waals surface area (Å²) < 4.78 is 26.3. The Morgan fingerprint density at radius 1 is 1.35 bits per heavy atom. The maximum absolute atomic E-state index is 11.3. The van der Waals surface area contributed by atoms with Gasteiger partial charge in [0.1, 0.15) is 0 Å². The summed E-state index contributed by atoms with van der Waals surface area (Å²) in [4.78, 5) is 0. The molecule has 4 nitrogen and oxygen atoms in total. The molecule has 1 unspecified atom stereocenters. The molecule has 114 valence electrons. The zero-order valence-electron chi connectivity index (χ0n) is 12.4. The summed E-state index contributed by atoms with van der Waals surface area (Å²) in [5, 5.41) is 3.43. The van der Waals surface area contributed by atoms with Gasteiger partial charge in [0.05, 0.1) is 6.26 Å². The second-order valence-electron chi connectivity index (χ2n) is 5.65. The molecule has 0 radical (unpaired) electrons. The minimum atomic E-state index is -3.21. The van der Waals surface area contributed by atoms with Gasteiger partial charge in [0.15, 0.2) is 0 Å². The van der Waals surface area contributed by atoms with Crippen molar-refractivity contribution in [2.24, 2.45) is 0 Å². The van der Waals surface area contributed by atoms with Gasteiger partial charge in [-0.2, -0.15) is 0 Å². The van der Waals surface area contributed by atoms with Crippen molar-refractivity contribution in [1.29, 1.82) is 0 Å². The molecule has 2 N–H and O–H groups in total. The highest BCUT2D eigenvalue weighted by atomic mass is 79.9. The van der Waals surface area contributed by atoms with E-state index in [9.17, 15) is 8.42 Å². The van der Waals surface area contributed by atoms with Crippen LogP contribution >= 0.6 is 15.9 Å². The van der Waals surface area contributed by atoms with E-state index in [4.69, 9.17) is 0 Å². The van der Waals surface area contributed by atoms with Gasteiger partial charge in [0, 0.05) is 22.6 Å². The van der Waals surface area contributed by atoms with Crippen LogP contribution in [0.1, 0.15) is 38.8 Å². The molecule has 0 aliphatic rings.